The van der Waals surface area contributed by atoms with E-state index in [4.69, 9.17) is 27.9 Å². The van der Waals surface area contributed by atoms with Gasteiger partial charge in [-0.05, 0) is 30.9 Å². The number of esters is 1. The Morgan fingerprint density at radius 3 is 2.74 bits per heavy atom. The third-order valence-electron chi connectivity index (χ3n) is 4.17. The summed E-state index contributed by atoms with van der Waals surface area (Å²) in [5.41, 5.74) is 0.230. The fraction of sp³-hybridized carbons (Fsp3) is 0.438. The Hall–Kier alpha value is -1.59. The number of alkyl halides is 1. The molecule has 1 aromatic carbocycles. The molecule has 0 bridgehead atoms. The van der Waals surface area contributed by atoms with Crippen LogP contribution in [0.4, 0.5) is 0 Å². The van der Waals surface area contributed by atoms with Crippen molar-refractivity contribution in [1.82, 2.24) is 14.8 Å². The van der Waals surface area contributed by atoms with Gasteiger partial charge in [0.25, 0.3) is 0 Å². The van der Waals surface area contributed by atoms with Crippen LogP contribution in [0.3, 0.4) is 0 Å². The molecule has 1 aromatic heterocycles. The molecule has 7 heteroatoms. The number of nitrogens with zero attached hydrogens (tertiary/aromatic N) is 3. The molecule has 5 nitrogen and oxygen atoms in total. The largest absolute Gasteiger partial charge is 0.457 e. The van der Waals surface area contributed by atoms with Gasteiger partial charge in [-0.25, -0.2) is 4.98 Å². The lowest BCUT2D eigenvalue weighted by atomic mass is 9.90. The molecule has 2 aromatic rings. The summed E-state index contributed by atoms with van der Waals surface area (Å²) >= 11 is 13.3. The standard InChI is InChI=1S/C16H17Cl2N3O2/c1-12(22)23-16(6-7-16)15(18,9-21-11-19-10-20-21)8-13-4-2-3-5-14(13)17/h2-5,10-11H,6-9H2,1H3. The van der Waals surface area contributed by atoms with E-state index in [9.17, 15) is 4.79 Å². The van der Waals surface area contributed by atoms with Gasteiger partial charge in [-0.2, -0.15) is 5.10 Å². The van der Waals surface area contributed by atoms with Crippen LogP contribution in [0, 0.1) is 0 Å². The molecule has 0 N–H and O–H groups in total. The van der Waals surface area contributed by atoms with Crippen LogP contribution in [-0.4, -0.2) is 31.2 Å². The lowest BCUT2D eigenvalue weighted by Crippen LogP contribution is -2.47. The van der Waals surface area contributed by atoms with Gasteiger partial charge in [0, 0.05) is 11.9 Å². The van der Waals surface area contributed by atoms with Gasteiger partial charge >= 0.3 is 5.97 Å². The highest BCUT2D eigenvalue weighted by Gasteiger charge is 2.62. The van der Waals surface area contributed by atoms with Gasteiger partial charge in [0.1, 0.15) is 23.1 Å². The normalized spacial score (nSPS) is 18.2. The maximum Gasteiger partial charge on any atom is 0.303 e. The average Bonchev–Trinajstić information content (AvgIpc) is 3.09. The second kappa shape index (κ2) is 6.13. The van der Waals surface area contributed by atoms with Crippen molar-refractivity contribution in [3.05, 3.63) is 47.5 Å². The molecule has 0 aliphatic heterocycles. The minimum Gasteiger partial charge on any atom is -0.457 e. The number of hydrogen-bond acceptors (Lipinski definition) is 4. The summed E-state index contributed by atoms with van der Waals surface area (Å²) < 4.78 is 7.26. The molecule has 1 saturated carbocycles. The second-order valence-electron chi connectivity index (χ2n) is 5.91. The summed E-state index contributed by atoms with van der Waals surface area (Å²) in [6.07, 6.45) is 5.00. The summed E-state index contributed by atoms with van der Waals surface area (Å²) in [5.74, 6) is -0.328. The number of hydrogen-bond donors (Lipinski definition) is 0. The molecular formula is C16H17Cl2N3O2. The van der Waals surface area contributed by atoms with E-state index in [-0.39, 0.29) is 5.97 Å². The number of ether oxygens (including phenoxy) is 1. The predicted octanol–water partition coefficient (Wildman–Crippen LogP) is 3.25. The van der Waals surface area contributed by atoms with Gasteiger partial charge in [0.2, 0.25) is 0 Å². The summed E-state index contributed by atoms with van der Waals surface area (Å²) in [7, 11) is 0. The van der Waals surface area contributed by atoms with Crippen LogP contribution in [-0.2, 0) is 22.5 Å². The van der Waals surface area contributed by atoms with Gasteiger partial charge in [0.05, 0.1) is 6.54 Å². The molecule has 0 amide bonds. The van der Waals surface area contributed by atoms with Gasteiger partial charge < -0.3 is 4.74 Å². The van der Waals surface area contributed by atoms with Crippen molar-refractivity contribution in [3.63, 3.8) is 0 Å². The van der Waals surface area contributed by atoms with Crippen LogP contribution in [0.25, 0.3) is 0 Å². The molecular weight excluding hydrogens is 337 g/mol. The SMILES string of the molecule is CC(=O)OC1(C(Cl)(Cc2ccccc2Cl)Cn2cncn2)CC1. The van der Waals surface area contributed by atoms with E-state index in [1.165, 1.54) is 13.3 Å². The third kappa shape index (κ3) is 3.35. The molecule has 23 heavy (non-hydrogen) atoms. The lowest BCUT2D eigenvalue weighted by Gasteiger charge is -2.35. The van der Waals surface area contributed by atoms with Crippen molar-refractivity contribution < 1.29 is 9.53 Å². The fourth-order valence-electron chi connectivity index (χ4n) is 2.91. The lowest BCUT2D eigenvalue weighted by molar-refractivity contribution is -0.151. The van der Waals surface area contributed by atoms with E-state index in [0.717, 1.165) is 18.4 Å². The minimum absolute atomic E-state index is 0.328. The van der Waals surface area contributed by atoms with Crippen LogP contribution >= 0.6 is 23.2 Å². The zero-order chi connectivity index (χ0) is 16.5. The van der Waals surface area contributed by atoms with E-state index < -0.39 is 10.5 Å². The number of aromatic nitrogens is 3. The summed E-state index contributed by atoms with van der Waals surface area (Å²) in [4.78, 5) is 14.6. The first kappa shape index (κ1) is 16.3. The smallest absolute Gasteiger partial charge is 0.303 e. The maximum atomic E-state index is 11.5. The number of benzene rings is 1. The first-order valence-corrected chi connectivity index (χ1v) is 8.14. The first-order chi connectivity index (χ1) is 10.9. The Bertz CT molecular complexity index is 701. The summed E-state index contributed by atoms with van der Waals surface area (Å²) in [6.45, 7) is 1.79. The zero-order valence-electron chi connectivity index (χ0n) is 12.7. The summed E-state index contributed by atoms with van der Waals surface area (Å²) in [6, 6.07) is 7.55. The molecule has 1 atom stereocenters. The van der Waals surface area contributed by atoms with Crippen LogP contribution < -0.4 is 0 Å². The van der Waals surface area contributed by atoms with Crippen molar-refractivity contribution in [2.45, 2.75) is 43.2 Å². The quantitative estimate of drug-likeness (QED) is 0.590. The molecule has 1 aliphatic rings. The molecule has 0 saturated heterocycles. The number of halogens is 2. The Morgan fingerprint density at radius 1 is 1.43 bits per heavy atom. The number of carbonyl (C=O) groups is 1. The van der Waals surface area contributed by atoms with Crippen molar-refractivity contribution in [2.24, 2.45) is 0 Å². The molecule has 1 unspecified atom stereocenters. The highest BCUT2D eigenvalue weighted by atomic mass is 35.5. The molecule has 1 fully saturated rings. The zero-order valence-corrected chi connectivity index (χ0v) is 14.2. The van der Waals surface area contributed by atoms with Crippen molar-refractivity contribution >= 4 is 29.2 Å². The Morgan fingerprint density at radius 2 is 2.17 bits per heavy atom. The Labute approximate surface area is 144 Å². The van der Waals surface area contributed by atoms with E-state index in [2.05, 4.69) is 10.1 Å². The molecule has 1 aliphatic carbocycles. The highest BCUT2D eigenvalue weighted by molar-refractivity contribution is 6.31. The van der Waals surface area contributed by atoms with Crippen LogP contribution in [0.1, 0.15) is 25.3 Å². The Kier molecular flexibility index (Phi) is 4.34. The van der Waals surface area contributed by atoms with E-state index >= 15 is 0 Å². The van der Waals surface area contributed by atoms with Gasteiger partial charge in [-0.3, -0.25) is 9.48 Å². The predicted molar refractivity (Wildman–Crippen MR) is 87.5 cm³/mol. The summed E-state index contributed by atoms with van der Waals surface area (Å²) in [5, 5.41) is 4.78. The van der Waals surface area contributed by atoms with E-state index in [1.54, 1.807) is 11.0 Å². The molecule has 0 radical (unpaired) electrons. The van der Waals surface area contributed by atoms with Crippen LogP contribution in [0.15, 0.2) is 36.9 Å². The van der Waals surface area contributed by atoms with Gasteiger partial charge in [-0.15, -0.1) is 11.6 Å². The van der Waals surface area contributed by atoms with Crippen molar-refractivity contribution in [2.75, 3.05) is 0 Å². The van der Waals surface area contributed by atoms with Crippen LogP contribution in [0.5, 0.6) is 0 Å². The number of rotatable bonds is 6. The molecule has 1 heterocycles. The monoisotopic (exact) mass is 353 g/mol. The van der Waals surface area contributed by atoms with Crippen LogP contribution in [0.2, 0.25) is 5.02 Å². The topological polar surface area (TPSA) is 57.0 Å². The molecule has 122 valence electrons. The minimum atomic E-state index is -0.836. The fourth-order valence-corrected chi connectivity index (χ4v) is 3.60. The first-order valence-electron chi connectivity index (χ1n) is 7.38. The molecule has 0 spiro atoms. The second-order valence-corrected chi connectivity index (χ2v) is 7.05. The van der Waals surface area contributed by atoms with Gasteiger partial charge in [0.15, 0.2) is 0 Å². The third-order valence-corrected chi connectivity index (χ3v) is 5.13. The van der Waals surface area contributed by atoms with Crippen molar-refractivity contribution in [3.8, 4) is 0 Å². The van der Waals surface area contributed by atoms with E-state index in [0.29, 0.717) is 18.0 Å². The maximum absolute atomic E-state index is 11.5. The number of carbonyl (C=O) groups excluding carboxylic acids is 1. The highest BCUT2D eigenvalue weighted by Crippen LogP contribution is 2.54. The van der Waals surface area contributed by atoms with Crippen molar-refractivity contribution in [1.29, 1.82) is 0 Å². The van der Waals surface area contributed by atoms with E-state index in [1.807, 2.05) is 24.3 Å². The average molecular weight is 354 g/mol. The van der Waals surface area contributed by atoms with Gasteiger partial charge in [-0.1, -0.05) is 29.8 Å². The molecule has 3 rings (SSSR count). The Balaban J connectivity index is 1.93.